The van der Waals surface area contributed by atoms with Crippen molar-refractivity contribution >= 4 is 5.78 Å². The second-order valence-electron chi connectivity index (χ2n) is 4.59. The number of hydrogen-bond acceptors (Lipinski definition) is 4. The van der Waals surface area contributed by atoms with E-state index in [0.717, 1.165) is 18.7 Å². The average Bonchev–Trinajstić information content (AvgIpc) is 2.75. The first-order valence-corrected chi connectivity index (χ1v) is 5.98. The Balaban J connectivity index is 1.85. The van der Waals surface area contributed by atoms with Crippen molar-refractivity contribution in [2.75, 3.05) is 13.1 Å². The van der Waals surface area contributed by atoms with Gasteiger partial charge in [-0.05, 0) is 13.0 Å². The number of benzene rings is 1. The van der Waals surface area contributed by atoms with Gasteiger partial charge >= 0.3 is 0 Å². The van der Waals surface area contributed by atoms with Crippen molar-refractivity contribution in [2.45, 2.75) is 13.0 Å². The van der Waals surface area contributed by atoms with E-state index in [-0.39, 0.29) is 5.78 Å². The van der Waals surface area contributed by atoms with Gasteiger partial charge in [-0.2, -0.15) is 0 Å². The third-order valence-corrected chi connectivity index (χ3v) is 3.16. The van der Waals surface area contributed by atoms with Gasteiger partial charge in [0.1, 0.15) is 0 Å². The summed E-state index contributed by atoms with van der Waals surface area (Å²) in [5.74, 6) is -0.0720. The van der Waals surface area contributed by atoms with Crippen molar-refractivity contribution in [2.24, 2.45) is 0 Å². The fraction of sp³-hybridized carbons (Fsp3) is 0.308. The first kappa shape index (κ1) is 11.1. The summed E-state index contributed by atoms with van der Waals surface area (Å²) in [5, 5.41) is 11.1. The van der Waals surface area contributed by atoms with Crippen molar-refractivity contribution in [3.8, 4) is 0 Å². The van der Waals surface area contributed by atoms with Crippen LogP contribution in [-0.2, 0) is 0 Å². The summed E-state index contributed by atoms with van der Waals surface area (Å²) in [7, 11) is 0. The van der Waals surface area contributed by atoms with E-state index >= 15 is 0 Å². The highest BCUT2D eigenvalue weighted by Gasteiger charge is 2.22. The number of carbonyl (C=O) groups is 1. The molecule has 1 N–H and O–H groups in total. The van der Waals surface area contributed by atoms with Crippen LogP contribution in [0.15, 0.2) is 30.5 Å². The summed E-state index contributed by atoms with van der Waals surface area (Å²) in [6.07, 6.45) is 1.73. The van der Waals surface area contributed by atoms with E-state index in [1.807, 2.05) is 25.1 Å². The van der Waals surface area contributed by atoms with E-state index in [0.29, 0.717) is 17.3 Å². The highest BCUT2D eigenvalue weighted by atomic mass is 16.1. The van der Waals surface area contributed by atoms with Crippen LogP contribution in [0, 0.1) is 6.92 Å². The maximum absolute atomic E-state index is 12.2. The largest absolute Gasteiger partial charge is 0.312 e. The molecule has 1 aromatic heterocycles. The van der Waals surface area contributed by atoms with Crippen LogP contribution < -0.4 is 5.32 Å². The molecule has 1 saturated heterocycles. The number of nitrogens with one attached hydrogen (secondary N) is 1. The van der Waals surface area contributed by atoms with Gasteiger partial charge in [0, 0.05) is 18.7 Å². The van der Waals surface area contributed by atoms with Gasteiger partial charge in [0.25, 0.3) is 0 Å². The van der Waals surface area contributed by atoms with Crippen LogP contribution in [-0.4, -0.2) is 33.9 Å². The zero-order chi connectivity index (χ0) is 12.5. The predicted molar refractivity (Wildman–Crippen MR) is 66.5 cm³/mol. The van der Waals surface area contributed by atoms with Crippen molar-refractivity contribution < 1.29 is 4.79 Å². The SMILES string of the molecule is Cc1cccc(C(=O)c2cn(C3CNC3)nn2)c1. The van der Waals surface area contributed by atoms with Gasteiger partial charge in [0.15, 0.2) is 5.69 Å². The number of ketones is 1. The van der Waals surface area contributed by atoms with Gasteiger partial charge in [-0.3, -0.25) is 4.79 Å². The number of carbonyl (C=O) groups excluding carboxylic acids is 1. The Bertz CT molecular complexity index is 586. The van der Waals surface area contributed by atoms with Crippen LogP contribution in [0.3, 0.4) is 0 Å². The van der Waals surface area contributed by atoms with E-state index in [4.69, 9.17) is 0 Å². The normalized spacial score (nSPS) is 15.4. The van der Waals surface area contributed by atoms with E-state index in [1.54, 1.807) is 16.9 Å². The summed E-state index contributed by atoms with van der Waals surface area (Å²) in [6.45, 7) is 3.75. The van der Waals surface area contributed by atoms with Gasteiger partial charge in [-0.15, -0.1) is 5.10 Å². The highest BCUT2D eigenvalue weighted by Crippen LogP contribution is 2.13. The molecule has 0 saturated carbocycles. The number of aryl methyl sites for hydroxylation is 1. The molecule has 0 radical (unpaired) electrons. The second kappa shape index (κ2) is 4.34. The first-order valence-electron chi connectivity index (χ1n) is 5.98. The molecule has 5 nitrogen and oxygen atoms in total. The molecular formula is C13H14N4O. The van der Waals surface area contributed by atoms with Gasteiger partial charge in [0.2, 0.25) is 5.78 Å². The Morgan fingerprint density at radius 3 is 2.94 bits per heavy atom. The van der Waals surface area contributed by atoms with Crippen LogP contribution in [0.5, 0.6) is 0 Å². The van der Waals surface area contributed by atoms with Gasteiger partial charge in [0.05, 0.1) is 12.2 Å². The van der Waals surface area contributed by atoms with E-state index in [9.17, 15) is 4.79 Å². The lowest BCUT2D eigenvalue weighted by Crippen LogP contribution is -2.43. The molecular weight excluding hydrogens is 228 g/mol. The molecule has 5 heteroatoms. The number of nitrogens with zero attached hydrogens (tertiary/aromatic N) is 3. The number of hydrogen-bond donors (Lipinski definition) is 1. The molecule has 1 aliphatic heterocycles. The lowest BCUT2D eigenvalue weighted by molar-refractivity contribution is 0.103. The Labute approximate surface area is 105 Å². The van der Waals surface area contributed by atoms with Crippen molar-refractivity contribution in [3.63, 3.8) is 0 Å². The smallest absolute Gasteiger partial charge is 0.214 e. The topological polar surface area (TPSA) is 59.8 Å². The van der Waals surface area contributed by atoms with Crippen molar-refractivity contribution in [1.29, 1.82) is 0 Å². The molecule has 92 valence electrons. The summed E-state index contributed by atoms with van der Waals surface area (Å²) in [5.41, 5.74) is 2.14. The van der Waals surface area contributed by atoms with Gasteiger partial charge in [-0.1, -0.05) is 29.0 Å². The van der Waals surface area contributed by atoms with Crippen LogP contribution >= 0.6 is 0 Å². The van der Waals surface area contributed by atoms with Crippen LogP contribution in [0.1, 0.15) is 27.7 Å². The van der Waals surface area contributed by atoms with Crippen LogP contribution in [0.2, 0.25) is 0 Å². The average molecular weight is 242 g/mol. The lowest BCUT2D eigenvalue weighted by Gasteiger charge is -2.26. The maximum atomic E-state index is 12.2. The quantitative estimate of drug-likeness (QED) is 0.814. The molecule has 1 aromatic carbocycles. The minimum Gasteiger partial charge on any atom is -0.312 e. The van der Waals surface area contributed by atoms with Gasteiger partial charge < -0.3 is 5.32 Å². The molecule has 0 unspecified atom stereocenters. The molecule has 2 aromatic rings. The molecule has 0 spiro atoms. The van der Waals surface area contributed by atoms with Crippen molar-refractivity contribution in [3.05, 3.63) is 47.3 Å². The molecule has 1 aliphatic rings. The zero-order valence-electron chi connectivity index (χ0n) is 10.1. The molecule has 0 aliphatic carbocycles. The Morgan fingerprint density at radius 2 is 2.28 bits per heavy atom. The molecule has 0 bridgehead atoms. The molecule has 18 heavy (non-hydrogen) atoms. The monoisotopic (exact) mass is 242 g/mol. The Morgan fingerprint density at radius 1 is 1.44 bits per heavy atom. The van der Waals surface area contributed by atoms with Crippen LogP contribution in [0.4, 0.5) is 0 Å². The van der Waals surface area contributed by atoms with Crippen molar-refractivity contribution in [1.82, 2.24) is 20.3 Å². The third kappa shape index (κ3) is 1.93. The van der Waals surface area contributed by atoms with Gasteiger partial charge in [-0.25, -0.2) is 4.68 Å². The maximum Gasteiger partial charge on any atom is 0.214 e. The minimum absolute atomic E-state index is 0.0720. The van der Waals surface area contributed by atoms with E-state index in [2.05, 4.69) is 15.6 Å². The second-order valence-corrected chi connectivity index (χ2v) is 4.59. The molecule has 0 atom stereocenters. The number of aromatic nitrogens is 3. The van der Waals surface area contributed by atoms with E-state index < -0.39 is 0 Å². The molecule has 0 amide bonds. The van der Waals surface area contributed by atoms with E-state index in [1.165, 1.54) is 0 Å². The Hall–Kier alpha value is -2.01. The fourth-order valence-corrected chi connectivity index (χ4v) is 1.95. The number of rotatable bonds is 3. The molecule has 1 fully saturated rings. The highest BCUT2D eigenvalue weighted by molar-refractivity contribution is 6.07. The first-order chi connectivity index (χ1) is 8.74. The summed E-state index contributed by atoms with van der Waals surface area (Å²) in [6, 6.07) is 7.85. The lowest BCUT2D eigenvalue weighted by atomic mass is 10.1. The van der Waals surface area contributed by atoms with Crippen LogP contribution in [0.25, 0.3) is 0 Å². The molecule has 2 heterocycles. The fourth-order valence-electron chi connectivity index (χ4n) is 1.95. The summed E-state index contributed by atoms with van der Waals surface area (Å²) < 4.78 is 1.76. The zero-order valence-corrected chi connectivity index (χ0v) is 10.1. The predicted octanol–water partition coefficient (Wildman–Crippen LogP) is 0.962. The molecule has 3 rings (SSSR count). The summed E-state index contributed by atoms with van der Waals surface area (Å²) in [4.78, 5) is 12.2. The third-order valence-electron chi connectivity index (χ3n) is 3.16. The summed E-state index contributed by atoms with van der Waals surface area (Å²) >= 11 is 0. The standard InChI is InChI=1S/C13H14N4O/c1-9-3-2-4-10(5-9)13(18)12-8-17(16-15-12)11-6-14-7-11/h2-5,8,11,14H,6-7H2,1H3. The Kier molecular flexibility index (Phi) is 2.68. The minimum atomic E-state index is -0.0720.